The molecule has 3 rings (SSSR count). The lowest BCUT2D eigenvalue weighted by Gasteiger charge is -2.09. The summed E-state index contributed by atoms with van der Waals surface area (Å²) < 4.78 is 32.4. The summed E-state index contributed by atoms with van der Waals surface area (Å²) in [7, 11) is -3.77. The number of carbonyl (C=O) groups is 2. The molecule has 1 amide bonds. The van der Waals surface area contributed by atoms with E-state index in [1.165, 1.54) is 24.5 Å². The van der Waals surface area contributed by atoms with E-state index in [9.17, 15) is 18.0 Å². The topological polar surface area (TPSA) is 105 Å². The average molecular weight is 412 g/mol. The van der Waals surface area contributed by atoms with Crippen molar-refractivity contribution in [3.63, 3.8) is 0 Å². The molecule has 1 heterocycles. The van der Waals surface area contributed by atoms with Crippen molar-refractivity contribution in [1.29, 1.82) is 0 Å². The number of rotatable bonds is 9. The second-order valence-corrected chi connectivity index (χ2v) is 8.04. The Bertz CT molecular complexity index is 1080. The molecule has 0 saturated carbocycles. The average Bonchev–Trinajstić information content (AvgIpc) is 3.25. The molecule has 0 aliphatic heterocycles. The number of carbonyl (C=O) groups excluding carboxylic acids is 2. The van der Waals surface area contributed by atoms with Crippen molar-refractivity contribution in [2.24, 2.45) is 0 Å². The number of ketones is 1. The molecule has 0 saturated heterocycles. The SMILES string of the molecule is O=C(CCC(=O)c1ccccc1)Nc1cccc(S(=O)(=O)NCc2ccco2)c1. The lowest BCUT2D eigenvalue weighted by molar-refractivity contribution is -0.116. The quantitative estimate of drug-likeness (QED) is 0.524. The molecule has 7 nitrogen and oxygen atoms in total. The number of Topliss-reactive ketones (excluding diaryl/α,β-unsaturated/α-hetero) is 1. The van der Waals surface area contributed by atoms with Crippen molar-refractivity contribution < 1.29 is 22.4 Å². The number of nitrogens with one attached hydrogen (secondary N) is 2. The van der Waals surface area contributed by atoms with Crippen LogP contribution in [0.3, 0.4) is 0 Å². The highest BCUT2D eigenvalue weighted by Gasteiger charge is 2.16. The molecular formula is C21H20N2O5S. The lowest BCUT2D eigenvalue weighted by atomic mass is 10.1. The highest BCUT2D eigenvalue weighted by molar-refractivity contribution is 7.89. The summed E-state index contributed by atoms with van der Waals surface area (Å²) in [6, 6.07) is 18.0. The molecule has 0 spiro atoms. The molecule has 8 heteroatoms. The molecule has 0 aliphatic carbocycles. The van der Waals surface area contributed by atoms with Gasteiger partial charge in [0.15, 0.2) is 5.78 Å². The minimum Gasteiger partial charge on any atom is -0.468 e. The third-order valence-electron chi connectivity index (χ3n) is 4.12. The Morgan fingerprint density at radius 1 is 0.897 bits per heavy atom. The van der Waals surface area contributed by atoms with Crippen LogP contribution in [0.4, 0.5) is 5.69 Å². The maximum atomic E-state index is 12.4. The van der Waals surface area contributed by atoms with E-state index in [0.717, 1.165) is 0 Å². The Labute approximate surface area is 168 Å². The number of furan rings is 1. The molecule has 150 valence electrons. The van der Waals surface area contributed by atoms with Crippen LogP contribution in [0.25, 0.3) is 0 Å². The van der Waals surface area contributed by atoms with Gasteiger partial charge in [-0.15, -0.1) is 0 Å². The Hall–Kier alpha value is -3.23. The van der Waals surface area contributed by atoms with E-state index in [2.05, 4.69) is 10.0 Å². The third-order valence-corrected chi connectivity index (χ3v) is 5.52. The van der Waals surface area contributed by atoms with Crippen LogP contribution in [-0.4, -0.2) is 20.1 Å². The van der Waals surface area contributed by atoms with E-state index in [-0.39, 0.29) is 36.0 Å². The zero-order valence-electron chi connectivity index (χ0n) is 15.5. The lowest BCUT2D eigenvalue weighted by Crippen LogP contribution is -2.23. The van der Waals surface area contributed by atoms with Crippen LogP contribution in [0.2, 0.25) is 0 Å². The molecule has 0 bridgehead atoms. The van der Waals surface area contributed by atoms with Crippen molar-refractivity contribution in [2.45, 2.75) is 24.3 Å². The Morgan fingerprint density at radius 3 is 2.41 bits per heavy atom. The van der Waals surface area contributed by atoms with Crippen LogP contribution in [0.5, 0.6) is 0 Å². The fourth-order valence-electron chi connectivity index (χ4n) is 2.62. The predicted molar refractivity (Wildman–Crippen MR) is 108 cm³/mol. The minimum absolute atomic E-state index is 0.00144. The molecule has 0 unspecified atom stereocenters. The first-order valence-electron chi connectivity index (χ1n) is 8.94. The van der Waals surface area contributed by atoms with Crippen LogP contribution in [0.1, 0.15) is 29.0 Å². The summed E-state index contributed by atoms with van der Waals surface area (Å²) in [5, 5.41) is 2.63. The first-order valence-corrected chi connectivity index (χ1v) is 10.4. The van der Waals surface area contributed by atoms with E-state index in [0.29, 0.717) is 17.0 Å². The monoisotopic (exact) mass is 412 g/mol. The van der Waals surface area contributed by atoms with E-state index in [1.54, 1.807) is 42.5 Å². The number of amides is 1. The number of sulfonamides is 1. The summed E-state index contributed by atoms with van der Waals surface area (Å²) >= 11 is 0. The van der Waals surface area contributed by atoms with Gasteiger partial charge in [-0.3, -0.25) is 9.59 Å². The van der Waals surface area contributed by atoms with Gasteiger partial charge in [-0.05, 0) is 30.3 Å². The zero-order chi connectivity index (χ0) is 20.7. The van der Waals surface area contributed by atoms with Crippen molar-refractivity contribution in [2.75, 3.05) is 5.32 Å². The van der Waals surface area contributed by atoms with Gasteiger partial charge in [0, 0.05) is 24.1 Å². The summed E-state index contributed by atoms with van der Waals surface area (Å²) in [5.41, 5.74) is 0.888. The highest BCUT2D eigenvalue weighted by Crippen LogP contribution is 2.17. The fraction of sp³-hybridized carbons (Fsp3) is 0.143. The first-order chi connectivity index (χ1) is 13.9. The summed E-state index contributed by atoms with van der Waals surface area (Å²) in [6.07, 6.45) is 1.53. The molecule has 0 fully saturated rings. The van der Waals surface area contributed by atoms with Crippen LogP contribution in [0, 0.1) is 0 Å². The minimum atomic E-state index is -3.77. The Balaban J connectivity index is 1.57. The second-order valence-electron chi connectivity index (χ2n) is 6.27. The van der Waals surface area contributed by atoms with Gasteiger partial charge in [0.05, 0.1) is 17.7 Å². The number of hydrogen-bond acceptors (Lipinski definition) is 5. The Kier molecular flexibility index (Phi) is 6.58. The molecule has 0 atom stereocenters. The summed E-state index contributed by atoms with van der Waals surface area (Å²) in [4.78, 5) is 24.2. The van der Waals surface area contributed by atoms with Crippen molar-refractivity contribution in [3.05, 3.63) is 84.3 Å². The first kappa shape index (κ1) is 20.5. The van der Waals surface area contributed by atoms with E-state index >= 15 is 0 Å². The van der Waals surface area contributed by atoms with Gasteiger partial charge in [0.25, 0.3) is 0 Å². The molecule has 0 aliphatic rings. The third kappa shape index (κ3) is 5.87. The highest BCUT2D eigenvalue weighted by atomic mass is 32.2. The number of hydrogen-bond donors (Lipinski definition) is 2. The van der Waals surface area contributed by atoms with Gasteiger partial charge in [-0.2, -0.15) is 0 Å². The van der Waals surface area contributed by atoms with Crippen LogP contribution in [-0.2, 0) is 21.4 Å². The number of anilines is 1. The molecule has 29 heavy (non-hydrogen) atoms. The zero-order valence-corrected chi connectivity index (χ0v) is 16.3. The molecular weight excluding hydrogens is 392 g/mol. The van der Waals surface area contributed by atoms with Crippen LogP contribution < -0.4 is 10.0 Å². The normalized spacial score (nSPS) is 11.2. The molecule has 2 N–H and O–H groups in total. The van der Waals surface area contributed by atoms with E-state index in [4.69, 9.17) is 4.42 Å². The molecule has 0 radical (unpaired) electrons. The van der Waals surface area contributed by atoms with Gasteiger partial charge < -0.3 is 9.73 Å². The van der Waals surface area contributed by atoms with E-state index < -0.39 is 10.0 Å². The van der Waals surface area contributed by atoms with Crippen LogP contribution >= 0.6 is 0 Å². The maximum absolute atomic E-state index is 12.4. The second kappa shape index (κ2) is 9.31. The van der Waals surface area contributed by atoms with Gasteiger partial charge in [-0.25, -0.2) is 13.1 Å². The van der Waals surface area contributed by atoms with E-state index in [1.807, 2.05) is 6.07 Å². The largest absolute Gasteiger partial charge is 0.468 e. The standard InChI is InChI=1S/C21H20N2O5S/c24-20(16-6-2-1-3-7-16)11-12-21(25)23-17-8-4-10-19(14-17)29(26,27)22-15-18-9-5-13-28-18/h1-10,13-14,22H,11-12,15H2,(H,23,25). The van der Waals surface area contributed by atoms with Crippen molar-refractivity contribution in [3.8, 4) is 0 Å². The van der Waals surface area contributed by atoms with Crippen molar-refractivity contribution in [1.82, 2.24) is 4.72 Å². The van der Waals surface area contributed by atoms with Gasteiger partial charge in [-0.1, -0.05) is 36.4 Å². The molecule has 3 aromatic rings. The fourth-order valence-corrected chi connectivity index (χ4v) is 3.66. The summed E-state index contributed by atoms with van der Waals surface area (Å²) in [5.74, 6) is -0.00676. The molecule has 1 aromatic heterocycles. The summed E-state index contributed by atoms with van der Waals surface area (Å²) in [6.45, 7) is 0.0213. The maximum Gasteiger partial charge on any atom is 0.241 e. The number of benzene rings is 2. The Morgan fingerprint density at radius 2 is 1.69 bits per heavy atom. The van der Waals surface area contributed by atoms with Gasteiger partial charge in [0.2, 0.25) is 15.9 Å². The smallest absolute Gasteiger partial charge is 0.241 e. The molecule has 2 aromatic carbocycles. The predicted octanol–water partition coefficient (Wildman–Crippen LogP) is 3.36. The van der Waals surface area contributed by atoms with Crippen LogP contribution in [0.15, 0.2) is 82.3 Å². The van der Waals surface area contributed by atoms with Gasteiger partial charge >= 0.3 is 0 Å². The van der Waals surface area contributed by atoms with Gasteiger partial charge in [0.1, 0.15) is 5.76 Å². The van der Waals surface area contributed by atoms with Crippen molar-refractivity contribution >= 4 is 27.4 Å².